The van der Waals surface area contributed by atoms with Gasteiger partial charge in [-0.25, -0.2) is 22.6 Å². The van der Waals surface area contributed by atoms with E-state index in [9.17, 15) is 17.6 Å². The Labute approximate surface area is 214 Å². The number of hydrogen-bond donors (Lipinski definition) is 0. The number of pyridine rings is 1. The maximum Gasteiger partial charge on any atom is 0.329 e. The van der Waals surface area contributed by atoms with Crippen molar-refractivity contribution in [2.24, 2.45) is 7.05 Å². The van der Waals surface area contributed by atoms with E-state index in [1.54, 1.807) is 50.4 Å². The highest BCUT2D eigenvalue weighted by molar-refractivity contribution is 7.90. The van der Waals surface area contributed by atoms with E-state index in [-0.39, 0.29) is 11.6 Å². The Bertz CT molecular complexity index is 1630. The summed E-state index contributed by atoms with van der Waals surface area (Å²) in [6.07, 6.45) is 1.11. The molecule has 2 aromatic heterocycles. The first kappa shape index (κ1) is 26.2. The molecule has 1 atom stereocenters. The average molecular weight is 530 g/mol. The molecule has 0 aliphatic heterocycles. The molecule has 0 radical (unpaired) electrons. The van der Waals surface area contributed by atoms with Gasteiger partial charge in [-0.15, -0.1) is 0 Å². The van der Waals surface area contributed by atoms with Crippen molar-refractivity contribution in [2.75, 3.05) is 32.8 Å². The van der Waals surface area contributed by atoms with Crippen molar-refractivity contribution in [1.29, 1.82) is 0 Å². The molecule has 0 N–H and O–H groups in total. The number of aryl methyl sites for hydroxylation is 1. The average Bonchev–Trinajstić information content (AvgIpc) is 3.11. The molecule has 37 heavy (non-hydrogen) atoms. The van der Waals surface area contributed by atoms with Crippen LogP contribution >= 0.6 is 0 Å². The van der Waals surface area contributed by atoms with E-state index in [1.807, 2.05) is 0 Å². The SMILES string of the molecule is CCOc1nc([C@@H](CS(C)(=O)=O)n2c(=O)n(C)c3cc(-c4ccc(F)cc4OC)ccc32)ccc1OC. The number of rotatable bonds is 9. The molecule has 4 aromatic rings. The van der Waals surface area contributed by atoms with E-state index < -0.39 is 27.4 Å². The summed E-state index contributed by atoms with van der Waals surface area (Å²) in [6, 6.07) is 11.9. The molecule has 0 aliphatic carbocycles. The van der Waals surface area contributed by atoms with Gasteiger partial charge in [0.2, 0.25) is 0 Å². The van der Waals surface area contributed by atoms with Crippen LogP contribution in [0.1, 0.15) is 18.7 Å². The molecule has 0 bridgehead atoms. The summed E-state index contributed by atoms with van der Waals surface area (Å²) in [5.41, 5.74) is 2.36. The van der Waals surface area contributed by atoms with Gasteiger partial charge in [0.25, 0.3) is 5.88 Å². The molecular formula is C26H28FN3O6S. The molecule has 2 aromatic carbocycles. The Morgan fingerprint density at radius 2 is 1.73 bits per heavy atom. The second kappa shape index (κ2) is 10.3. The van der Waals surface area contributed by atoms with Crippen molar-refractivity contribution in [2.45, 2.75) is 13.0 Å². The summed E-state index contributed by atoms with van der Waals surface area (Å²) in [5, 5.41) is 0. The van der Waals surface area contributed by atoms with Crippen molar-refractivity contribution in [3.63, 3.8) is 0 Å². The Kier molecular flexibility index (Phi) is 7.26. The highest BCUT2D eigenvalue weighted by Crippen LogP contribution is 2.34. The van der Waals surface area contributed by atoms with E-state index in [1.165, 1.54) is 35.5 Å². The van der Waals surface area contributed by atoms with Gasteiger partial charge in [-0.05, 0) is 48.9 Å². The number of halogens is 1. The molecule has 196 valence electrons. The maximum absolute atomic E-state index is 13.7. The molecule has 0 amide bonds. The molecule has 0 spiro atoms. The second-order valence-electron chi connectivity index (χ2n) is 8.54. The molecule has 0 aliphatic rings. The largest absolute Gasteiger partial charge is 0.496 e. The van der Waals surface area contributed by atoms with Crippen molar-refractivity contribution in [1.82, 2.24) is 14.1 Å². The van der Waals surface area contributed by atoms with Crippen LogP contribution in [0.15, 0.2) is 53.3 Å². The zero-order valence-corrected chi connectivity index (χ0v) is 22.0. The first-order valence-electron chi connectivity index (χ1n) is 11.5. The minimum atomic E-state index is -3.53. The zero-order chi connectivity index (χ0) is 26.9. The van der Waals surface area contributed by atoms with E-state index >= 15 is 0 Å². The minimum absolute atomic E-state index is 0.208. The zero-order valence-electron chi connectivity index (χ0n) is 21.2. The quantitative estimate of drug-likeness (QED) is 0.327. The van der Waals surface area contributed by atoms with Crippen molar-refractivity contribution >= 4 is 20.9 Å². The summed E-state index contributed by atoms with van der Waals surface area (Å²) in [4.78, 5) is 18.0. The Morgan fingerprint density at radius 1 is 1.00 bits per heavy atom. The van der Waals surface area contributed by atoms with Gasteiger partial charge in [-0.3, -0.25) is 9.13 Å². The lowest BCUT2D eigenvalue weighted by molar-refractivity contribution is 0.296. The fourth-order valence-corrected chi connectivity index (χ4v) is 5.23. The van der Waals surface area contributed by atoms with Crippen LogP contribution < -0.4 is 19.9 Å². The van der Waals surface area contributed by atoms with E-state index in [2.05, 4.69) is 4.98 Å². The number of nitrogens with zero attached hydrogens (tertiary/aromatic N) is 3. The number of hydrogen-bond acceptors (Lipinski definition) is 7. The summed E-state index contributed by atoms with van der Waals surface area (Å²) < 4.78 is 57.8. The third kappa shape index (κ3) is 5.17. The van der Waals surface area contributed by atoms with Gasteiger partial charge in [0, 0.05) is 24.9 Å². The van der Waals surface area contributed by atoms with Crippen LogP contribution in [-0.4, -0.2) is 55.4 Å². The van der Waals surface area contributed by atoms with Gasteiger partial charge in [-0.2, -0.15) is 0 Å². The molecule has 11 heteroatoms. The molecule has 0 saturated carbocycles. The second-order valence-corrected chi connectivity index (χ2v) is 10.7. The normalized spacial score (nSPS) is 12.5. The number of aromatic nitrogens is 3. The minimum Gasteiger partial charge on any atom is -0.496 e. The first-order valence-corrected chi connectivity index (χ1v) is 13.5. The van der Waals surface area contributed by atoms with Gasteiger partial charge in [-0.1, -0.05) is 6.07 Å². The summed E-state index contributed by atoms with van der Waals surface area (Å²) >= 11 is 0. The highest BCUT2D eigenvalue weighted by atomic mass is 32.2. The van der Waals surface area contributed by atoms with Crippen LogP contribution in [0.5, 0.6) is 17.4 Å². The number of imidazole rings is 1. The van der Waals surface area contributed by atoms with Crippen LogP contribution in [0.4, 0.5) is 4.39 Å². The molecule has 0 saturated heterocycles. The first-order chi connectivity index (χ1) is 17.6. The fourth-order valence-electron chi connectivity index (χ4n) is 4.34. The summed E-state index contributed by atoms with van der Waals surface area (Å²) in [5.74, 6) is 0.170. The molecule has 0 fully saturated rings. The van der Waals surface area contributed by atoms with E-state index in [4.69, 9.17) is 14.2 Å². The van der Waals surface area contributed by atoms with Gasteiger partial charge >= 0.3 is 5.69 Å². The molecule has 9 nitrogen and oxygen atoms in total. The lowest BCUT2D eigenvalue weighted by Crippen LogP contribution is -2.31. The molecule has 2 heterocycles. The van der Waals surface area contributed by atoms with Gasteiger partial charge in [0.05, 0.1) is 49.3 Å². The Balaban J connectivity index is 1.93. The number of methoxy groups -OCH3 is 2. The van der Waals surface area contributed by atoms with Crippen molar-refractivity contribution < 1.29 is 27.0 Å². The number of benzene rings is 2. The highest BCUT2D eigenvalue weighted by Gasteiger charge is 2.27. The third-order valence-corrected chi connectivity index (χ3v) is 6.95. The molecule has 4 rings (SSSR count). The maximum atomic E-state index is 13.7. The number of fused-ring (bicyclic) bond motifs is 1. The van der Waals surface area contributed by atoms with E-state index in [0.717, 1.165) is 6.26 Å². The van der Waals surface area contributed by atoms with Crippen molar-refractivity contribution in [3.8, 4) is 28.5 Å². The van der Waals surface area contributed by atoms with Crippen LogP contribution in [0.2, 0.25) is 0 Å². The van der Waals surface area contributed by atoms with Crippen LogP contribution in [0.25, 0.3) is 22.2 Å². The van der Waals surface area contributed by atoms with Crippen LogP contribution in [0, 0.1) is 5.82 Å². The smallest absolute Gasteiger partial charge is 0.329 e. The Hall–Kier alpha value is -3.86. The topological polar surface area (TPSA) is 102 Å². The van der Waals surface area contributed by atoms with E-state index in [0.29, 0.717) is 46.0 Å². The monoisotopic (exact) mass is 529 g/mol. The Morgan fingerprint density at radius 3 is 2.38 bits per heavy atom. The lowest BCUT2D eigenvalue weighted by Gasteiger charge is -2.19. The van der Waals surface area contributed by atoms with Gasteiger partial charge in [0.1, 0.15) is 21.4 Å². The summed E-state index contributed by atoms with van der Waals surface area (Å²) in [7, 11) is 1.01. The lowest BCUT2D eigenvalue weighted by atomic mass is 10.0. The van der Waals surface area contributed by atoms with Crippen molar-refractivity contribution in [3.05, 3.63) is 70.5 Å². The van der Waals surface area contributed by atoms with Crippen LogP contribution in [0.3, 0.4) is 0 Å². The predicted molar refractivity (Wildman–Crippen MR) is 139 cm³/mol. The fraction of sp³-hybridized carbons (Fsp3) is 0.308. The van der Waals surface area contributed by atoms with Crippen LogP contribution in [-0.2, 0) is 16.9 Å². The number of sulfone groups is 1. The standard InChI is InChI=1S/C26H28FN3O6S/c1-6-36-25-23(34-3)12-10-19(28-25)22(15-37(5,32)33)30-20-11-7-16(13-21(20)29(2)26(30)31)18-9-8-17(27)14-24(18)35-4/h7-14,22H,6,15H2,1-5H3/t22-/m1/s1. The summed E-state index contributed by atoms with van der Waals surface area (Å²) in [6.45, 7) is 2.12. The van der Waals surface area contributed by atoms with Gasteiger partial charge < -0.3 is 14.2 Å². The number of ether oxygens (including phenoxy) is 3. The third-order valence-electron chi connectivity index (χ3n) is 6.03. The molecule has 0 unspecified atom stereocenters. The van der Waals surface area contributed by atoms with Gasteiger partial charge in [0.15, 0.2) is 5.75 Å². The molecular weight excluding hydrogens is 501 g/mol. The predicted octanol–water partition coefficient (Wildman–Crippen LogP) is 3.59.